The Labute approximate surface area is 135 Å². The second-order valence-corrected chi connectivity index (χ2v) is 6.15. The number of ether oxygens (including phenoxy) is 2. The van der Waals surface area contributed by atoms with Crippen molar-refractivity contribution in [2.45, 2.75) is 24.7 Å². The zero-order chi connectivity index (χ0) is 16.0. The summed E-state index contributed by atoms with van der Waals surface area (Å²) in [6.07, 6.45) is 2.77. The maximum Gasteiger partial charge on any atom is 0.239 e. The van der Waals surface area contributed by atoms with Crippen molar-refractivity contribution in [2.75, 3.05) is 19.5 Å². The second kappa shape index (κ2) is 5.01. The van der Waals surface area contributed by atoms with Crippen LogP contribution in [0.4, 0.5) is 5.69 Å². The van der Waals surface area contributed by atoms with Crippen molar-refractivity contribution in [1.82, 2.24) is 0 Å². The van der Waals surface area contributed by atoms with Gasteiger partial charge in [-0.05, 0) is 66.3 Å². The number of hydrogen-bond donors (Lipinski definition) is 1. The van der Waals surface area contributed by atoms with Crippen LogP contribution in [0, 0.1) is 0 Å². The first-order chi connectivity index (χ1) is 11.2. The van der Waals surface area contributed by atoms with Gasteiger partial charge in [0.05, 0.1) is 14.2 Å². The molecule has 0 saturated heterocycles. The average Bonchev–Trinajstić information content (AvgIpc) is 2.86. The molecule has 2 aromatic rings. The Balaban J connectivity index is 1.95. The molecule has 0 fully saturated rings. The normalized spacial score (nSPS) is 21.6. The lowest BCUT2D eigenvalue weighted by Crippen LogP contribution is -2.39. The summed E-state index contributed by atoms with van der Waals surface area (Å²) in [5, 5.41) is 3.05. The summed E-state index contributed by atoms with van der Waals surface area (Å²) in [7, 11) is 3.32. The summed E-state index contributed by atoms with van der Waals surface area (Å²) in [5.41, 5.74) is 3.59. The van der Waals surface area contributed by atoms with Gasteiger partial charge in [0.2, 0.25) is 5.91 Å². The number of hydrogen-bond acceptors (Lipinski definition) is 3. The van der Waals surface area contributed by atoms with Gasteiger partial charge >= 0.3 is 0 Å². The van der Waals surface area contributed by atoms with E-state index in [9.17, 15) is 4.79 Å². The molecule has 1 N–H and O–H groups in total. The summed E-state index contributed by atoms with van der Waals surface area (Å²) in [6.45, 7) is 0. The maximum absolute atomic E-state index is 12.9. The molecule has 0 aromatic heterocycles. The van der Waals surface area contributed by atoms with Crippen LogP contribution in [0.2, 0.25) is 0 Å². The highest BCUT2D eigenvalue weighted by molar-refractivity contribution is 6.09. The third-order valence-corrected chi connectivity index (χ3v) is 5.09. The van der Waals surface area contributed by atoms with Crippen LogP contribution in [0.15, 0.2) is 36.4 Å². The number of nitrogens with one attached hydrogen (secondary N) is 1. The van der Waals surface area contributed by atoms with E-state index in [2.05, 4.69) is 11.4 Å². The van der Waals surface area contributed by atoms with Gasteiger partial charge in [-0.2, -0.15) is 0 Å². The summed E-state index contributed by atoms with van der Waals surface area (Å²) in [5.74, 6) is 1.68. The van der Waals surface area contributed by atoms with Crippen molar-refractivity contribution in [3.05, 3.63) is 53.1 Å². The number of anilines is 1. The van der Waals surface area contributed by atoms with E-state index in [1.54, 1.807) is 14.2 Å². The lowest BCUT2D eigenvalue weighted by molar-refractivity contribution is -0.119. The lowest BCUT2D eigenvalue weighted by atomic mass is 9.66. The van der Waals surface area contributed by atoms with E-state index in [1.807, 2.05) is 30.3 Å². The highest BCUT2D eigenvalue weighted by Gasteiger charge is 2.50. The monoisotopic (exact) mass is 309 g/mol. The molecule has 23 heavy (non-hydrogen) atoms. The number of aryl methyl sites for hydroxylation is 1. The fourth-order valence-corrected chi connectivity index (χ4v) is 3.98. The van der Waals surface area contributed by atoms with Crippen LogP contribution >= 0.6 is 0 Å². The molecular formula is C19H19NO3. The Morgan fingerprint density at radius 2 is 1.74 bits per heavy atom. The Hall–Kier alpha value is -2.49. The SMILES string of the molecule is COc1ccc2c(c1)CCCC21C(=O)Nc2ccc(OC)cc21. The van der Waals surface area contributed by atoms with Gasteiger partial charge in [0.1, 0.15) is 16.9 Å². The van der Waals surface area contributed by atoms with Gasteiger partial charge in [0.15, 0.2) is 0 Å². The molecular weight excluding hydrogens is 290 g/mol. The fraction of sp³-hybridized carbons (Fsp3) is 0.316. The molecule has 1 aliphatic heterocycles. The van der Waals surface area contributed by atoms with Crippen LogP contribution in [0.1, 0.15) is 29.5 Å². The van der Waals surface area contributed by atoms with Gasteiger partial charge in [0.25, 0.3) is 0 Å². The largest absolute Gasteiger partial charge is 0.497 e. The van der Waals surface area contributed by atoms with Crippen molar-refractivity contribution < 1.29 is 14.3 Å². The molecule has 4 rings (SSSR count). The summed E-state index contributed by atoms with van der Waals surface area (Å²) in [4.78, 5) is 12.9. The standard InChI is InChI=1S/C19H19NO3/c1-22-13-5-7-15-12(10-13)4-3-9-19(15)16-11-14(23-2)6-8-17(16)20-18(19)21/h5-8,10-11H,3-4,9H2,1-2H3,(H,20,21). The van der Waals surface area contributed by atoms with Gasteiger partial charge in [-0.25, -0.2) is 0 Å². The molecule has 118 valence electrons. The van der Waals surface area contributed by atoms with Gasteiger partial charge < -0.3 is 14.8 Å². The van der Waals surface area contributed by atoms with E-state index in [-0.39, 0.29) is 5.91 Å². The quantitative estimate of drug-likeness (QED) is 0.926. The van der Waals surface area contributed by atoms with Gasteiger partial charge in [-0.3, -0.25) is 4.79 Å². The molecule has 4 heteroatoms. The van der Waals surface area contributed by atoms with Crippen molar-refractivity contribution in [2.24, 2.45) is 0 Å². The predicted molar refractivity (Wildman–Crippen MR) is 88.3 cm³/mol. The molecule has 1 spiro atoms. The van der Waals surface area contributed by atoms with Crippen LogP contribution in [-0.2, 0) is 16.6 Å². The van der Waals surface area contributed by atoms with Crippen LogP contribution < -0.4 is 14.8 Å². The first-order valence-electron chi connectivity index (χ1n) is 7.86. The number of carbonyl (C=O) groups is 1. The Bertz CT molecular complexity index is 799. The van der Waals surface area contributed by atoms with Crippen LogP contribution in [0.3, 0.4) is 0 Å². The number of methoxy groups -OCH3 is 2. The maximum atomic E-state index is 12.9. The number of carbonyl (C=O) groups excluding carboxylic acids is 1. The zero-order valence-electron chi connectivity index (χ0n) is 13.3. The van der Waals surface area contributed by atoms with Crippen molar-refractivity contribution in [3.8, 4) is 11.5 Å². The number of benzene rings is 2. The number of rotatable bonds is 2. The highest BCUT2D eigenvalue weighted by atomic mass is 16.5. The topological polar surface area (TPSA) is 47.6 Å². The van der Waals surface area contributed by atoms with E-state index in [1.165, 1.54) is 5.56 Å². The molecule has 0 radical (unpaired) electrons. The minimum atomic E-state index is -0.607. The third kappa shape index (κ3) is 1.87. The molecule has 1 amide bonds. The molecule has 4 nitrogen and oxygen atoms in total. The van der Waals surface area contributed by atoms with E-state index >= 15 is 0 Å². The minimum Gasteiger partial charge on any atom is -0.497 e. The Morgan fingerprint density at radius 3 is 2.52 bits per heavy atom. The first-order valence-corrected chi connectivity index (χ1v) is 7.86. The summed E-state index contributed by atoms with van der Waals surface area (Å²) in [6, 6.07) is 11.8. The van der Waals surface area contributed by atoms with Crippen LogP contribution in [0.5, 0.6) is 11.5 Å². The Kier molecular flexibility index (Phi) is 3.08. The molecule has 1 unspecified atom stereocenters. The van der Waals surface area contributed by atoms with Crippen molar-refractivity contribution in [1.29, 1.82) is 0 Å². The van der Waals surface area contributed by atoms with Crippen LogP contribution in [0.25, 0.3) is 0 Å². The summed E-state index contributed by atoms with van der Waals surface area (Å²) < 4.78 is 10.7. The van der Waals surface area contributed by atoms with E-state index in [4.69, 9.17) is 9.47 Å². The molecule has 0 bridgehead atoms. The highest BCUT2D eigenvalue weighted by Crippen LogP contribution is 2.51. The molecule has 1 heterocycles. The molecule has 2 aromatic carbocycles. The molecule has 1 atom stereocenters. The zero-order valence-corrected chi connectivity index (χ0v) is 13.3. The van der Waals surface area contributed by atoms with E-state index < -0.39 is 5.41 Å². The van der Waals surface area contributed by atoms with Gasteiger partial charge in [0, 0.05) is 5.69 Å². The van der Waals surface area contributed by atoms with Gasteiger partial charge in [-0.15, -0.1) is 0 Å². The van der Waals surface area contributed by atoms with Gasteiger partial charge in [-0.1, -0.05) is 6.07 Å². The third-order valence-electron chi connectivity index (χ3n) is 5.09. The Morgan fingerprint density at radius 1 is 1.00 bits per heavy atom. The van der Waals surface area contributed by atoms with Crippen molar-refractivity contribution >= 4 is 11.6 Å². The second-order valence-electron chi connectivity index (χ2n) is 6.15. The molecule has 1 aliphatic carbocycles. The van der Waals surface area contributed by atoms with E-state index in [0.717, 1.165) is 47.6 Å². The number of fused-ring (bicyclic) bond motifs is 4. The van der Waals surface area contributed by atoms with Crippen LogP contribution in [-0.4, -0.2) is 20.1 Å². The van der Waals surface area contributed by atoms with Crippen molar-refractivity contribution in [3.63, 3.8) is 0 Å². The number of amides is 1. The first kappa shape index (κ1) is 14.1. The molecule has 2 aliphatic rings. The lowest BCUT2D eigenvalue weighted by Gasteiger charge is -2.34. The minimum absolute atomic E-state index is 0.0619. The van der Waals surface area contributed by atoms with E-state index in [0.29, 0.717) is 0 Å². The fourth-order valence-electron chi connectivity index (χ4n) is 3.98. The smallest absolute Gasteiger partial charge is 0.239 e. The summed E-state index contributed by atoms with van der Waals surface area (Å²) >= 11 is 0. The predicted octanol–water partition coefficient (Wildman–Crippen LogP) is 3.28. The molecule has 0 saturated carbocycles. The average molecular weight is 309 g/mol.